The predicted octanol–water partition coefficient (Wildman–Crippen LogP) is 9.16. The SMILES string of the molecule is COc1cc(CCC(CCc2cn(C(c3ccccc3)(c3ccccc3)c3ccccc3)cn2)Cc2ccccc2)cc(OC)c1. The van der Waals surface area contributed by atoms with Gasteiger partial charge in [0.05, 0.1) is 26.2 Å². The maximum atomic E-state index is 5.54. The summed E-state index contributed by atoms with van der Waals surface area (Å²) in [6, 6.07) is 49.4. The fraction of sp³-hybridized carbons (Fsp3) is 0.214. The number of hydrogen-bond acceptors (Lipinski definition) is 3. The van der Waals surface area contributed by atoms with Gasteiger partial charge in [-0.2, -0.15) is 0 Å². The van der Waals surface area contributed by atoms with Crippen LogP contribution in [0.2, 0.25) is 0 Å². The number of aryl methyl sites for hydroxylation is 2. The molecule has 1 aromatic heterocycles. The molecule has 0 radical (unpaired) electrons. The van der Waals surface area contributed by atoms with Crippen molar-refractivity contribution in [1.82, 2.24) is 9.55 Å². The minimum absolute atomic E-state index is 0.492. The van der Waals surface area contributed by atoms with Gasteiger partial charge < -0.3 is 14.0 Å². The Bertz CT molecular complexity index is 1660. The molecule has 0 aliphatic rings. The van der Waals surface area contributed by atoms with Crippen LogP contribution in [-0.4, -0.2) is 23.8 Å². The van der Waals surface area contributed by atoms with E-state index in [0.29, 0.717) is 5.92 Å². The van der Waals surface area contributed by atoms with E-state index >= 15 is 0 Å². The second-order valence-electron chi connectivity index (χ2n) is 11.9. The molecule has 1 heterocycles. The lowest BCUT2D eigenvalue weighted by Gasteiger charge is -2.37. The van der Waals surface area contributed by atoms with Gasteiger partial charge in [-0.3, -0.25) is 0 Å². The average molecular weight is 607 g/mol. The van der Waals surface area contributed by atoms with E-state index in [1.807, 2.05) is 12.4 Å². The quantitative estimate of drug-likeness (QED) is 0.116. The van der Waals surface area contributed by atoms with Crippen molar-refractivity contribution in [3.05, 3.63) is 186 Å². The topological polar surface area (TPSA) is 36.3 Å². The van der Waals surface area contributed by atoms with Crippen LogP contribution in [0.5, 0.6) is 11.5 Å². The van der Waals surface area contributed by atoms with Crippen molar-refractivity contribution in [2.45, 2.75) is 37.6 Å². The van der Waals surface area contributed by atoms with Crippen LogP contribution in [0, 0.1) is 5.92 Å². The van der Waals surface area contributed by atoms with E-state index in [4.69, 9.17) is 14.5 Å². The second kappa shape index (κ2) is 14.8. The van der Waals surface area contributed by atoms with Gasteiger partial charge in [-0.15, -0.1) is 0 Å². The average Bonchev–Trinajstić information content (AvgIpc) is 3.60. The van der Waals surface area contributed by atoms with Crippen LogP contribution in [0.4, 0.5) is 0 Å². The lowest BCUT2D eigenvalue weighted by molar-refractivity contribution is 0.392. The molecular weight excluding hydrogens is 564 g/mol. The second-order valence-corrected chi connectivity index (χ2v) is 11.9. The van der Waals surface area contributed by atoms with Crippen molar-refractivity contribution in [3.8, 4) is 11.5 Å². The summed E-state index contributed by atoms with van der Waals surface area (Å²) in [5.74, 6) is 2.16. The highest BCUT2D eigenvalue weighted by molar-refractivity contribution is 5.50. The van der Waals surface area contributed by atoms with E-state index < -0.39 is 5.54 Å². The molecule has 0 saturated heterocycles. The molecule has 6 aromatic rings. The molecule has 0 amide bonds. The standard InChI is InChI=1S/C42H42N2O2/c1-45-40-28-35(29-41(30-40)46-2)24-23-34(27-33-15-7-3-8-16-33)25-26-39-31-44(32-43-39)42(36-17-9-4-10-18-36,37-19-11-5-12-20-37)38-21-13-6-14-22-38/h3-22,28-32,34H,23-27H2,1-2H3. The Balaban J connectivity index is 1.30. The maximum Gasteiger partial charge on any atom is 0.122 e. The number of ether oxygens (including phenoxy) is 2. The largest absolute Gasteiger partial charge is 0.497 e. The molecule has 0 bridgehead atoms. The highest BCUT2D eigenvalue weighted by atomic mass is 16.5. The smallest absolute Gasteiger partial charge is 0.122 e. The molecule has 46 heavy (non-hydrogen) atoms. The fourth-order valence-electron chi connectivity index (χ4n) is 6.69. The van der Waals surface area contributed by atoms with Gasteiger partial charge in [0.15, 0.2) is 0 Å². The van der Waals surface area contributed by atoms with E-state index in [1.165, 1.54) is 27.8 Å². The van der Waals surface area contributed by atoms with Crippen LogP contribution in [-0.2, 0) is 24.8 Å². The zero-order chi connectivity index (χ0) is 31.6. The first-order valence-electron chi connectivity index (χ1n) is 16.1. The van der Waals surface area contributed by atoms with E-state index in [1.54, 1.807) is 14.2 Å². The molecular formula is C42H42N2O2. The monoisotopic (exact) mass is 606 g/mol. The molecule has 5 aromatic carbocycles. The maximum absolute atomic E-state index is 5.54. The van der Waals surface area contributed by atoms with Crippen LogP contribution in [0.25, 0.3) is 0 Å². The molecule has 0 aliphatic heterocycles. The van der Waals surface area contributed by atoms with Gasteiger partial charge in [-0.1, -0.05) is 121 Å². The van der Waals surface area contributed by atoms with Crippen molar-refractivity contribution in [2.75, 3.05) is 14.2 Å². The molecule has 1 unspecified atom stereocenters. The first-order chi connectivity index (χ1) is 22.7. The van der Waals surface area contributed by atoms with Gasteiger partial charge in [0.25, 0.3) is 0 Å². The lowest BCUT2D eigenvalue weighted by atomic mass is 9.77. The summed E-state index contributed by atoms with van der Waals surface area (Å²) in [7, 11) is 3.41. The molecule has 4 heteroatoms. The summed E-state index contributed by atoms with van der Waals surface area (Å²) in [5, 5.41) is 0. The number of benzene rings is 5. The third kappa shape index (κ3) is 6.92. The third-order valence-corrected chi connectivity index (χ3v) is 9.03. The number of nitrogens with zero attached hydrogens (tertiary/aromatic N) is 2. The van der Waals surface area contributed by atoms with Crippen LogP contribution < -0.4 is 9.47 Å². The number of hydrogen-bond donors (Lipinski definition) is 0. The number of aromatic nitrogens is 2. The van der Waals surface area contributed by atoms with Gasteiger partial charge in [-0.25, -0.2) is 4.98 Å². The molecule has 4 nitrogen and oxygen atoms in total. The number of rotatable bonds is 14. The first kappa shape index (κ1) is 30.9. The minimum atomic E-state index is -0.552. The Labute approximate surface area is 273 Å². The van der Waals surface area contributed by atoms with Crippen LogP contribution in [0.1, 0.15) is 46.4 Å². The van der Waals surface area contributed by atoms with Crippen molar-refractivity contribution < 1.29 is 9.47 Å². The third-order valence-electron chi connectivity index (χ3n) is 9.03. The van der Waals surface area contributed by atoms with Gasteiger partial charge in [-0.05, 0) is 78.0 Å². The molecule has 1 atom stereocenters. The molecule has 232 valence electrons. The molecule has 0 N–H and O–H groups in total. The van der Waals surface area contributed by atoms with E-state index in [9.17, 15) is 0 Å². The normalized spacial score (nSPS) is 12.0. The van der Waals surface area contributed by atoms with Gasteiger partial charge in [0, 0.05) is 12.3 Å². The predicted molar refractivity (Wildman–Crippen MR) is 187 cm³/mol. The summed E-state index contributed by atoms with van der Waals surface area (Å²) in [4.78, 5) is 5.03. The van der Waals surface area contributed by atoms with E-state index in [2.05, 4.69) is 144 Å². The first-order valence-corrected chi connectivity index (χ1v) is 16.1. The summed E-state index contributed by atoms with van der Waals surface area (Å²) >= 11 is 0. The van der Waals surface area contributed by atoms with E-state index in [-0.39, 0.29) is 0 Å². The molecule has 0 fully saturated rings. The van der Waals surface area contributed by atoms with E-state index in [0.717, 1.165) is 49.3 Å². The summed E-state index contributed by atoms with van der Waals surface area (Å²) in [6.45, 7) is 0. The molecule has 6 rings (SSSR count). The van der Waals surface area contributed by atoms with Gasteiger partial charge >= 0.3 is 0 Å². The zero-order valence-electron chi connectivity index (χ0n) is 26.8. The van der Waals surface area contributed by atoms with Crippen LogP contribution in [0.3, 0.4) is 0 Å². The Morgan fingerprint density at radius 1 is 0.587 bits per heavy atom. The van der Waals surface area contributed by atoms with Gasteiger partial charge in [0.2, 0.25) is 0 Å². The summed E-state index contributed by atoms with van der Waals surface area (Å²) in [5.41, 5.74) is 6.76. The Hall–Kier alpha value is -5.09. The van der Waals surface area contributed by atoms with Crippen molar-refractivity contribution >= 4 is 0 Å². The number of methoxy groups -OCH3 is 2. The minimum Gasteiger partial charge on any atom is -0.497 e. The van der Waals surface area contributed by atoms with Gasteiger partial charge in [0.1, 0.15) is 17.0 Å². The Kier molecular flexibility index (Phi) is 9.94. The zero-order valence-corrected chi connectivity index (χ0v) is 26.8. The summed E-state index contributed by atoms with van der Waals surface area (Å²) in [6.07, 6.45) is 9.29. The molecule has 0 saturated carbocycles. The lowest BCUT2D eigenvalue weighted by Crippen LogP contribution is -2.36. The molecule has 0 spiro atoms. The molecule has 0 aliphatic carbocycles. The van der Waals surface area contributed by atoms with Crippen molar-refractivity contribution in [1.29, 1.82) is 0 Å². The highest BCUT2D eigenvalue weighted by Crippen LogP contribution is 2.41. The fourth-order valence-corrected chi connectivity index (χ4v) is 6.69. The van der Waals surface area contributed by atoms with Crippen molar-refractivity contribution in [3.63, 3.8) is 0 Å². The Morgan fingerprint density at radius 3 is 1.57 bits per heavy atom. The van der Waals surface area contributed by atoms with Crippen LogP contribution in [0.15, 0.2) is 152 Å². The Morgan fingerprint density at radius 2 is 1.07 bits per heavy atom. The summed E-state index contributed by atoms with van der Waals surface area (Å²) < 4.78 is 13.4. The van der Waals surface area contributed by atoms with Crippen LogP contribution >= 0.6 is 0 Å². The number of imidazole rings is 1. The van der Waals surface area contributed by atoms with Crippen molar-refractivity contribution in [2.24, 2.45) is 5.92 Å². The highest BCUT2D eigenvalue weighted by Gasteiger charge is 2.38.